The van der Waals surface area contributed by atoms with Gasteiger partial charge >= 0.3 is 0 Å². The summed E-state index contributed by atoms with van der Waals surface area (Å²) in [7, 11) is 0. The number of rotatable bonds is 6. The fourth-order valence-corrected chi connectivity index (χ4v) is 1.82. The molecule has 0 aliphatic carbocycles. The molecule has 4 heteroatoms. The highest BCUT2D eigenvalue weighted by molar-refractivity contribution is 5.21. The van der Waals surface area contributed by atoms with Crippen molar-refractivity contribution in [3.63, 3.8) is 0 Å². The highest BCUT2D eigenvalue weighted by Gasteiger charge is 2.17. The first-order valence-electron chi connectivity index (χ1n) is 5.94. The normalized spacial score (nSPS) is 13.1. The molecule has 1 aromatic rings. The van der Waals surface area contributed by atoms with Crippen LogP contribution in [0.2, 0.25) is 0 Å². The van der Waals surface area contributed by atoms with Crippen LogP contribution in [0.1, 0.15) is 31.9 Å². The predicted octanol–water partition coefficient (Wildman–Crippen LogP) is 2.73. The van der Waals surface area contributed by atoms with E-state index in [4.69, 9.17) is 0 Å². The van der Waals surface area contributed by atoms with Gasteiger partial charge in [0.1, 0.15) is 11.6 Å². The topological polar surface area (TPSA) is 23.5 Å². The fraction of sp³-hybridized carbons (Fsp3) is 0.538. The van der Waals surface area contributed by atoms with Crippen molar-refractivity contribution in [3.8, 4) is 0 Å². The molecule has 1 rings (SSSR count). The van der Waals surface area contributed by atoms with Gasteiger partial charge in [0.25, 0.3) is 0 Å². The monoisotopic (exact) mass is 243 g/mol. The van der Waals surface area contributed by atoms with Crippen molar-refractivity contribution in [1.29, 1.82) is 0 Å². The molecule has 96 valence electrons. The van der Waals surface area contributed by atoms with Gasteiger partial charge < -0.3 is 10.0 Å². The lowest BCUT2D eigenvalue weighted by Crippen LogP contribution is -2.25. The molecule has 0 aromatic heterocycles. The summed E-state index contributed by atoms with van der Waals surface area (Å²) in [5.74, 6) is -1.37. The second-order valence-corrected chi connectivity index (χ2v) is 3.97. The number of benzene rings is 1. The minimum absolute atomic E-state index is 0.223. The Morgan fingerprint density at radius 1 is 1.18 bits per heavy atom. The van der Waals surface area contributed by atoms with Gasteiger partial charge in [-0.05, 0) is 31.6 Å². The van der Waals surface area contributed by atoms with E-state index in [9.17, 15) is 13.9 Å². The van der Waals surface area contributed by atoms with Gasteiger partial charge in [0.05, 0.1) is 11.7 Å². The summed E-state index contributed by atoms with van der Waals surface area (Å²) in [6, 6.07) is 3.63. The molecule has 1 unspecified atom stereocenters. The van der Waals surface area contributed by atoms with E-state index in [0.29, 0.717) is 13.0 Å². The number of aliphatic hydroxyl groups excluding tert-OH is 1. The quantitative estimate of drug-likeness (QED) is 0.830. The van der Waals surface area contributed by atoms with Crippen molar-refractivity contribution in [1.82, 2.24) is 4.90 Å². The van der Waals surface area contributed by atoms with Gasteiger partial charge in [-0.1, -0.05) is 19.9 Å². The largest absolute Gasteiger partial charge is 0.388 e. The zero-order valence-corrected chi connectivity index (χ0v) is 10.3. The average Bonchev–Trinajstić information content (AvgIpc) is 2.30. The minimum Gasteiger partial charge on any atom is -0.388 e. The first-order valence-corrected chi connectivity index (χ1v) is 5.94. The summed E-state index contributed by atoms with van der Waals surface area (Å²) in [5, 5.41) is 9.82. The lowest BCUT2D eigenvalue weighted by molar-refractivity contribution is 0.137. The van der Waals surface area contributed by atoms with E-state index in [-0.39, 0.29) is 5.56 Å². The Labute approximate surface area is 101 Å². The van der Waals surface area contributed by atoms with E-state index in [1.54, 1.807) is 0 Å². The molecular formula is C13H19F2NO. The smallest absolute Gasteiger partial charge is 0.131 e. The lowest BCUT2D eigenvalue weighted by atomic mass is 10.0. The van der Waals surface area contributed by atoms with Crippen molar-refractivity contribution in [2.45, 2.75) is 26.4 Å². The molecule has 0 bridgehead atoms. The number of nitrogens with zero attached hydrogens (tertiary/aromatic N) is 1. The summed E-state index contributed by atoms with van der Waals surface area (Å²) >= 11 is 0. The maximum absolute atomic E-state index is 13.4. The van der Waals surface area contributed by atoms with Gasteiger partial charge in [-0.2, -0.15) is 0 Å². The zero-order valence-electron chi connectivity index (χ0n) is 10.3. The molecule has 2 nitrogen and oxygen atoms in total. The molecule has 0 fully saturated rings. The predicted molar refractivity (Wildman–Crippen MR) is 63.7 cm³/mol. The molecule has 1 N–H and O–H groups in total. The average molecular weight is 243 g/mol. The van der Waals surface area contributed by atoms with Gasteiger partial charge in [0.2, 0.25) is 0 Å². The molecule has 0 heterocycles. The molecular weight excluding hydrogens is 224 g/mol. The highest BCUT2D eigenvalue weighted by atomic mass is 19.1. The Morgan fingerprint density at radius 3 is 2.18 bits per heavy atom. The highest BCUT2D eigenvalue weighted by Crippen LogP contribution is 2.23. The molecule has 1 atom stereocenters. The Kier molecular flexibility index (Phi) is 5.51. The number of aliphatic hydroxyl groups is 1. The Morgan fingerprint density at radius 2 is 1.71 bits per heavy atom. The first-order chi connectivity index (χ1) is 8.10. The summed E-state index contributed by atoms with van der Waals surface area (Å²) in [6.07, 6.45) is -0.753. The van der Waals surface area contributed by atoms with Gasteiger partial charge in [-0.25, -0.2) is 8.78 Å². The van der Waals surface area contributed by atoms with Crippen LogP contribution in [0.3, 0.4) is 0 Å². The van der Waals surface area contributed by atoms with E-state index in [2.05, 4.69) is 4.90 Å². The molecule has 0 saturated carbocycles. The van der Waals surface area contributed by atoms with Crippen LogP contribution >= 0.6 is 0 Å². The van der Waals surface area contributed by atoms with Crippen LogP contribution in [0.15, 0.2) is 18.2 Å². The molecule has 0 aliphatic rings. The van der Waals surface area contributed by atoms with Crippen molar-refractivity contribution < 1.29 is 13.9 Å². The van der Waals surface area contributed by atoms with E-state index in [0.717, 1.165) is 13.1 Å². The lowest BCUT2D eigenvalue weighted by Gasteiger charge is -2.20. The van der Waals surface area contributed by atoms with Gasteiger partial charge in [0, 0.05) is 6.54 Å². The molecule has 0 spiro atoms. The maximum atomic E-state index is 13.4. The third-order valence-electron chi connectivity index (χ3n) is 2.95. The molecule has 0 saturated heterocycles. The SMILES string of the molecule is CCN(CC)CCC(O)c1c(F)cccc1F. The third kappa shape index (κ3) is 3.75. The molecule has 0 aliphatic heterocycles. The fourth-order valence-electron chi connectivity index (χ4n) is 1.82. The second-order valence-electron chi connectivity index (χ2n) is 3.97. The molecule has 0 amide bonds. The van der Waals surface area contributed by atoms with Crippen molar-refractivity contribution >= 4 is 0 Å². The summed E-state index contributed by atoms with van der Waals surface area (Å²) < 4.78 is 26.8. The Bertz CT molecular complexity index is 333. The van der Waals surface area contributed by atoms with Gasteiger partial charge in [0.15, 0.2) is 0 Å². The van der Waals surface area contributed by atoms with Crippen LogP contribution in [-0.4, -0.2) is 29.6 Å². The van der Waals surface area contributed by atoms with Crippen LogP contribution in [0, 0.1) is 11.6 Å². The van der Waals surface area contributed by atoms with Crippen LogP contribution in [0.5, 0.6) is 0 Å². The van der Waals surface area contributed by atoms with Crippen LogP contribution < -0.4 is 0 Å². The Balaban J connectivity index is 2.66. The van der Waals surface area contributed by atoms with E-state index >= 15 is 0 Å². The maximum Gasteiger partial charge on any atom is 0.131 e. The summed E-state index contributed by atoms with van der Waals surface area (Å²) in [6.45, 7) is 6.38. The zero-order chi connectivity index (χ0) is 12.8. The minimum atomic E-state index is -1.09. The van der Waals surface area contributed by atoms with Crippen molar-refractivity contribution in [2.24, 2.45) is 0 Å². The van der Waals surface area contributed by atoms with Gasteiger partial charge in [-0.3, -0.25) is 0 Å². The first kappa shape index (κ1) is 14.1. The number of halogens is 2. The summed E-state index contributed by atoms with van der Waals surface area (Å²) in [5.41, 5.74) is -0.223. The van der Waals surface area contributed by atoms with E-state index in [1.807, 2.05) is 13.8 Å². The van der Waals surface area contributed by atoms with Crippen LogP contribution in [0.4, 0.5) is 8.78 Å². The third-order valence-corrected chi connectivity index (χ3v) is 2.95. The summed E-state index contributed by atoms with van der Waals surface area (Å²) in [4.78, 5) is 2.10. The van der Waals surface area contributed by atoms with Crippen molar-refractivity contribution in [3.05, 3.63) is 35.4 Å². The molecule has 17 heavy (non-hydrogen) atoms. The molecule has 1 aromatic carbocycles. The number of hydrogen-bond donors (Lipinski definition) is 1. The standard InChI is InChI=1S/C13H19F2NO/c1-3-16(4-2)9-8-12(17)13-10(14)6-5-7-11(13)15/h5-7,12,17H,3-4,8-9H2,1-2H3. The molecule has 0 radical (unpaired) electrons. The van der Waals surface area contributed by atoms with Crippen LogP contribution in [-0.2, 0) is 0 Å². The Hall–Kier alpha value is -1.00. The number of hydrogen-bond acceptors (Lipinski definition) is 2. The van der Waals surface area contributed by atoms with E-state index < -0.39 is 17.7 Å². The second kappa shape index (κ2) is 6.67. The van der Waals surface area contributed by atoms with Crippen LogP contribution in [0.25, 0.3) is 0 Å². The van der Waals surface area contributed by atoms with Gasteiger partial charge in [-0.15, -0.1) is 0 Å². The van der Waals surface area contributed by atoms with E-state index in [1.165, 1.54) is 18.2 Å². The van der Waals surface area contributed by atoms with Crippen molar-refractivity contribution in [2.75, 3.05) is 19.6 Å².